The second-order valence-electron chi connectivity index (χ2n) is 4.40. The van der Waals surface area contributed by atoms with Gasteiger partial charge in [-0.05, 0) is 24.3 Å². The molecule has 0 aliphatic carbocycles. The minimum atomic E-state index is -0.267. The molecule has 2 aromatic rings. The van der Waals surface area contributed by atoms with Gasteiger partial charge < -0.3 is 10.6 Å². The van der Waals surface area contributed by atoms with Crippen LogP contribution in [0, 0.1) is 11.3 Å². The van der Waals surface area contributed by atoms with Crippen molar-refractivity contribution < 1.29 is 4.79 Å². The van der Waals surface area contributed by atoms with E-state index in [2.05, 4.69) is 0 Å². The molecule has 0 unspecified atom stereocenters. The van der Waals surface area contributed by atoms with Crippen molar-refractivity contribution in [3.63, 3.8) is 0 Å². The van der Waals surface area contributed by atoms with Crippen LogP contribution in [0.3, 0.4) is 0 Å². The number of hydrogen-bond donors (Lipinski definition) is 1. The van der Waals surface area contributed by atoms with Crippen molar-refractivity contribution in [3.8, 4) is 6.07 Å². The third-order valence-corrected chi connectivity index (χ3v) is 3.37. The van der Waals surface area contributed by atoms with E-state index in [-0.39, 0.29) is 18.0 Å². The summed E-state index contributed by atoms with van der Waals surface area (Å²) < 4.78 is 0. The Kier molecular flexibility index (Phi) is 4.81. The number of nitrogens with two attached hydrogens (primary N) is 1. The van der Waals surface area contributed by atoms with Crippen molar-refractivity contribution in [3.05, 3.63) is 59.1 Å². The molecule has 0 aromatic heterocycles. The van der Waals surface area contributed by atoms with Crippen molar-refractivity contribution in [2.24, 2.45) is 0 Å². The molecule has 0 radical (unpaired) electrons. The summed E-state index contributed by atoms with van der Waals surface area (Å²) in [6.45, 7) is 0.297. The standard InChI is InChI=1S/C16H14ClN3O/c17-14-9-4-8-13(15(14)19)16(21)20(11-5-10-18)12-6-2-1-3-7-12/h1-4,6-9H,5,11,19H2. The zero-order valence-corrected chi connectivity index (χ0v) is 12.0. The van der Waals surface area contributed by atoms with Crippen molar-refractivity contribution in [1.29, 1.82) is 5.26 Å². The maximum Gasteiger partial charge on any atom is 0.260 e. The van der Waals surface area contributed by atoms with Crippen LogP contribution in [0.25, 0.3) is 0 Å². The Balaban J connectivity index is 2.39. The van der Waals surface area contributed by atoms with Gasteiger partial charge in [-0.25, -0.2) is 0 Å². The molecule has 0 atom stereocenters. The van der Waals surface area contributed by atoms with E-state index in [4.69, 9.17) is 22.6 Å². The molecule has 4 nitrogen and oxygen atoms in total. The Labute approximate surface area is 128 Å². The predicted octanol–water partition coefficient (Wildman–Crippen LogP) is 3.48. The number of halogens is 1. The Bertz CT molecular complexity index is 680. The number of nitrogens with zero attached hydrogens (tertiary/aromatic N) is 2. The largest absolute Gasteiger partial charge is 0.397 e. The number of para-hydroxylation sites is 2. The van der Waals surface area contributed by atoms with E-state index in [1.807, 2.05) is 36.4 Å². The Hall–Kier alpha value is -2.51. The van der Waals surface area contributed by atoms with Crippen LogP contribution in [0.2, 0.25) is 5.02 Å². The summed E-state index contributed by atoms with van der Waals surface area (Å²) in [5.41, 5.74) is 7.19. The molecule has 2 rings (SSSR count). The number of nitriles is 1. The number of nitrogen functional groups attached to an aromatic ring is 1. The van der Waals surface area contributed by atoms with E-state index in [0.717, 1.165) is 5.69 Å². The molecule has 1 amide bonds. The number of carbonyl (C=O) groups excluding carboxylic acids is 1. The molecule has 0 spiro atoms. The zero-order valence-electron chi connectivity index (χ0n) is 11.3. The highest BCUT2D eigenvalue weighted by atomic mass is 35.5. The van der Waals surface area contributed by atoms with Crippen LogP contribution >= 0.6 is 11.6 Å². The maximum absolute atomic E-state index is 12.7. The molecule has 0 fully saturated rings. The zero-order chi connectivity index (χ0) is 15.2. The smallest absolute Gasteiger partial charge is 0.260 e. The van der Waals surface area contributed by atoms with Crippen LogP contribution in [-0.2, 0) is 0 Å². The second-order valence-corrected chi connectivity index (χ2v) is 4.81. The normalized spacial score (nSPS) is 9.90. The lowest BCUT2D eigenvalue weighted by Crippen LogP contribution is -2.32. The van der Waals surface area contributed by atoms with Crippen molar-refractivity contribution in [2.75, 3.05) is 17.2 Å². The third kappa shape index (κ3) is 3.33. The quantitative estimate of drug-likeness (QED) is 0.879. The summed E-state index contributed by atoms with van der Waals surface area (Å²) in [6, 6.07) is 16.2. The van der Waals surface area contributed by atoms with Gasteiger partial charge in [0.2, 0.25) is 0 Å². The van der Waals surface area contributed by atoms with E-state index in [9.17, 15) is 4.79 Å². The number of amides is 1. The van der Waals surface area contributed by atoms with Crippen molar-refractivity contribution in [2.45, 2.75) is 6.42 Å². The molecule has 0 bridgehead atoms. The number of anilines is 2. The first kappa shape index (κ1) is 14.9. The number of rotatable bonds is 4. The molecule has 106 valence electrons. The van der Waals surface area contributed by atoms with Gasteiger partial charge in [0.05, 0.1) is 28.8 Å². The summed E-state index contributed by atoms with van der Waals surface area (Å²) in [5.74, 6) is -0.267. The van der Waals surface area contributed by atoms with Crippen LogP contribution in [0.1, 0.15) is 16.8 Å². The molecule has 21 heavy (non-hydrogen) atoms. The van der Waals surface area contributed by atoms with Crippen LogP contribution in [0.15, 0.2) is 48.5 Å². The maximum atomic E-state index is 12.7. The summed E-state index contributed by atoms with van der Waals surface area (Å²) >= 11 is 5.96. The van der Waals surface area contributed by atoms with E-state index in [0.29, 0.717) is 17.1 Å². The summed E-state index contributed by atoms with van der Waals surface area (Å²) in [7, 11) is 0. The van der Waals surface area contributed by atoms with E-state index < -0.39 is 0 Å². The van der Waals surface area contributed by atoms with Crippen LogP contribution in [0.4, 0.5) is 11.4 Å². The van der Waals surface area contributed by atoms with Gasteiger partial charge in [-0.3, -0.25) is 4.79 Å². The minimum absolute atomic E-state index is 0.237. The van der Waals surface area contributed by atoms with Gasteiger partial charge in [-0.1, -0.05) is 35.9 Å². The first-order valence-electron chi connectivity index (χ1n) is 6.43. The van der Waals surface area contributed by atoms with Gasteiger partial charge in [0.1, 0.15) is 0 Å². The Morgan fingerprint density at radius 3 is 2.57 bits per heavy atom. The topological polar surface area (TPSA) is 70.1 Å². The molecular weight excluding hydrogens is 286 g/mol. The summed E-state index contributed by atoms with van der Waals surface area (Å²) in [6.07, 6.45) is 0.237. The van der Waals surface area contributed by atoms with E-state index in [1.54, 1.807) is 18.2 Å². The molecule has 2 N–H and O–H groups in total. The molecule has 0 aliphatic rings. The fraction of sp³-hybridized carbons (Fsp3) is 0.125. The fourth-order valence-corrected chi connectivity index (χ4v) is 2.16. The highest BCUT2D eigenvalue weighted by Gasteiger charge is 2.20. The van der Waals surface area contributed by atoms with Crippen LogP contribution in [-0.4, -0.2) is 12.5 Å². The average Bonchev–Trinajstić information content (AvgIpc) is 2.51. The van der Waals surface area contributed by atoms with Gasteiger partial charge in [-0.15, -0.1) is 0 Å². The molecule has 5 heteroatoms. The molecule has 0 saturated carbocycles. The van der Waals surface area contributed by atoms with Gasteiger partial charge in [0.15, 0.2) is 0 Å². The second kappa shape index (κ2) is 6.78. The van der Waals surface area contributed by atoms with Gasteiger partial charge in [-0.2, -0.15) is 5.26 Å². The Morgan fingerprint density at radius 1 is 1.19 bits per heavy atom. The van der Waals surface area contributed by atoms with E-state index >= 15 is 0 Å². The van der Waals surface area contributed by atoms with Crippen LogP contribution < -0.4 is 10.6 Å². The van der Waals surface area contributed by atoms with Gasteiger partial charge in [0, 0.05) is 12.2 Å². The number of carbonyl (C=O) groups is 1. The lowest BCUT2D eigenvalue weighted by Gasteiger charge is -2.22. The van der Waals surface area contributed by atoms with Gasteiger partial charge >= 0.3 is 0 Å². The molecule has 0 heterocycles. The predicted molar refractivity (Wildman–Crippen MR) is 84.2 cm³/mol. The number of hydrogen-bond acceptors (Lipinski definition) is 3. The van der Waals surface area contributed by atoms with Gasteiger partial charge in [0.25, 0.3) is 5.91 Å². The minimum Gasteiger partial charge on any atom is -0.397 e. The molecule has 0 saturated heterocycles. The van der Waals surface area contributed by atoms with Crippen molar-refractivity contribution in [1.82, 2.24) is 0 Å². The monoisotopic (exact) mass is 299 g/mol. The highest BCUT2D eigenvalue weighted by molar-refractivity contribution is 6.34. The number of benzene rings is 2. The highest BCUT2D eigenvalue weighted by Crippen LogP contribution is 2.25. The first-order chi connectivity index (χ1) is 10.1. The fourth-order valence-electron chi connectivity index (χ4n) is 1.99. The molecule has 0 aliphatic heterocycles. The van der Waals surface area contributed by atoms with Crippen LogP contribution in [0.5, 0.6) is 0 Å². The SMILES string of the molecule is N#CCCN(C(=O)c1cccc(Cl)c1N)c1ccccc1. The lowest BCUT2D eigenvalue weighted by atomic mass is 10.1. The Morgan fingerprint density at radius 2 is 1.90 bits per heavy atom. The first-order valence-corrected chi connectivity index (χ1v) is 6.81. The molecular formula is C16H14ClN3O. The van der Waals surface area contributed by atoms with Crippen molar-refractivity contribution >= 4 is 28.9 Å². The summed E-state index contributed by atoms with van der Waals surface area (Å²) in [4.78, 5) is 14.2. The van der Waals surface area contributed by atoms with E-state index in [1.165, 1.54) is 4.90 Å². The summed E-state index contributed by atoms with van der Waals surface area (Å²) in [5, 5.41) is 9.12. The lowest BCUT2D eigenvalue weighted by molar-refractivity contribution is 0.0988. The third-order valence-electron chi connectivity index (χ3n) is 3.04. The molecule has 2 aromatic carbocycles. The average molecular weight is 300 g/mol.